The van der Waals surface area contributed by atoms with Crippen molar-refractivity contribution in [1.82, 2.24) is 9.97 Å². The van der Waals surface area contributed by atoms with Crippen LogP contribution in [-0.4, -0.2) is 48.8 Å². The van der Waals surface area contributed by atoms with Crippen molar-refractivity contribution in [3.63, 3.8) is 0 Å². The average molecular weight is 466 g/mol. The van der Waals surface area contributed by atoms with Gasteiger partial charge in [0.15, 0.2) is 5.88 Å². The molecule has 2 aromatic rings. The normalized spacial score (nSPS) is 14.8. The molecule has 0 saturated heterocycles. The molecule has 9 heteroatoms. The van der Waals surface area contributed by atoms with Gasteiger partial charge in [-0.2, -0.15) is 0 Å². The van der Waals surface area contributed by atoms with E-state index >= 15 is 0 Å². The topological polar surface area (TPSA) is 156 Å². The first-order chi connectivity index (χ1) is 16.0. The number of H-pyrrole nitrogens is 2. The number of aliphatic carboxylic acids is 2. The minimum atomic E-state index is -0.950. The summed E-state index contributed by atoms with van der Waals surface area (Å²) in [6.07, 6.45) is 5.33. The molecule has 0 aromatic carbocycles. The Hall–Kier alpha value is -4.14. The predicted octanol–water partition coefficient (Wildman–Crippen LogP) is 1.79. The molecule has 0 fully saturated rings. The molecule has 0 unspecified atom stereocenters. The van der Waals surface area contributed by atoms with E-state index in [1.54, 1.807) is 32.1 Å². The lowest BCUT2D eigenvalue weighted by atomic mass is 10.0. The van der Waals surface area contributed by atoms with E-state index in [0.29, 0.717) is 44.4 Å². The summed E-state index contributed by atoms with van der Waals surface area (Å²) in [6.45, 7) is 8.99. The predicted molar refractivity (Wildman–Crippen MR) is 127 cm³/mol. The molecule has 0 spiro atoms. The number of aromatic hydroxyl groups is 1. The van der Waals surface area contributed by atoms with Crippen molar-refractivity contribution in [1.29, 1.82) is 0 Å². The van der Waals surface area contributed by atoms with E-state index in [9.17, 15) is 24.6 Å². The number of nitrogens with zero attached hydrogens (tertiary/aromatic N) is 1. The van der Waals surface area contributed by atoms with Gasteiger partial charge in [-0.25, -0.2) is 4.99 Å². The van der Waals surface area contributed by atoms with E-state index in [1.165, 1.54) is 0 Å². The van der Waals surface area contributed by atoms with Gasteiger partial charge in [0.05, 0.1) is 5.71 Å². The third-order valence-electron chi connectivity index (χ3n) is 6.01. The van der Waals surface area contributed by atoms with Gasteiger partial charge in [-0.15, -0.1) is 0 Å². The van der Waals surface area contributed by atoms with Gasteiger partial charge in [0, 0.05) is 45.9 Å². The third kappa shape index (κ3) is 4.93. The average Bonchev–Trinajstić information content (AvgIpc) is 3.31. The van der Waals surface area contributed by atoms with E-state index in [1.807, 2.05) is 6.92 Å². The monoisotopic (exact) mass is 465 g/mol. The number of nitrogens with one attached hydrogen (secondary N) is 2. The van der Waals surface area contributed by atoms with Crippen molar-refractivity contribution in [2.75, 3.05) is 0 Å². The molecule has 0 saturated carbocycles. The molecule has 0 radical (unpaired) electrons. The molecule has 1 aliphatic rings. The molecule has 1 aliphatic heterocycles. The van der Waals surface area contributed by atoms with E-state index in [4.69, 9.17) is 5.11 Å². The molecule has 9 nitrogen and oxygen atoms in total. The molecule has 3 heterocycles. The van der Waals surface area contributed by atoms with Crippen LogP contribution in [0.2, 0.25) is 0 Å². The Labute approximate surface area is 195 Å². The Balaban J connectivity index is 2.20. The summed E-state index contributed by atoms with van der Waals surface area (Å²) in [5.74, 6) is -2.27. The number of aliphatic imine (C=N–C) groups is 1. The van der Waals surface area contributed by atoms with Gasteiger partial charge in [-0.3, -0.25) is 14.4 Å². The number of aromatic amines is 2. The second-order valence-corrected chi connectivity index (χ2v) is 8.17. The number of amides is 1. The van der Waals surface area contributed by atoms with Gasteiger partial charge in [0.25, 0.3) is 5.91 Å². The molecule has 178 valence electrons. The van der Waals surface area contributed by atoms with Crippen LogP contribution in [-0.2, 0) is 27.2 Å². The van der Waals surface area contributed by atoms with Gasteiger partial charge >= 0.3 is 11.9 Å². The minimum absolute atomic E-state index is 0.0520. The van der Waals surface area contributed by atoms with Gasteiger partial charge in [-0.05, 0) is 62.5 Å². The Morgan fingerprint density at radius 1 is 0.941 bits per heavy atom. The second kappa shape index (κ2) is 9.78. The zero-order chi connectivity index (χ0) is 25.2. The first kappa shape index (κ1) is 24.5. The molecule has 2 aromatic heterocycles. The number of hydrogen-bond acceptors (Lipinski definition) is 4. The first-order valence-corrected chi connectivity index (χ1v) is 10.7. The fourth-order valence-electron chi connectivity index (χ4n) is 4.03. The lowest BCUT2D eigenvalue weighted by molar-refractivity contribution is -0.138. The smallest absolute Gasteiger partial charge is 0.303 e. The summed E-state index contributed by atoms with van der Waals surface area (Å²) in [5, 5.41) is 29.8. The zero-order valence-electron chi connectivity index (χ0n) is 19.3. The fourth-order valence-corrected chi connectivity index (χ4v) is 4.03. The van der Waals surface area contributed by atoms with Crippen LogP contribution in [0, 0.1) is 13.8 Å². The fraction of sp³-hybridized carbons (Fsp3) is 0.280. The van der Waals surface area contributed by atoms with Crippen LogP contribution in [0.3, 0.4) is 0 Å². The standard InChI is InChI=1S/C25H27N3O6/c1-5-15-13(3)24(33)27-19(15)10-18-12(2)16(6-8-22(29)30)20(26-18)11-21-17(7-9-23(31)32)14(4)25(34)28-21/h5,10-11,26,28,34H,1,6-9H2,2-4H3,(H,29,30)(H,31,32)/b18-10+,20-11+. The largest absolute Gasteiger partial charge is 0.494 e. The van der Waals surface area contributed by atoms with Crippen molar-refractivity contribution in [3.05, 3.63) is 62.4 Å². The Bertz CT molecular complexity index is 1380. The molecular weight excluding hydrogens is 438 g/mol. The zero-order valence-corrected chi connectivity index (χ0v) is 19.3. The maximum Gasteiger partial charge on any atom is 0.303 e. The molecule has 34 heavy (non-hydrogen) atoms. The Morgan fingerprint density at radius 3 is 2.15 bits per heavy atom. The summed E-state index contributed by atoms with van der Waals surface area (Å²) in [4.78, 5) is 44.6. The van der Waals surface area contributed by atoms with E-state index in [2.05, 4.69) is 21.5 Å². The van der Waals surface area contributed by atoms with Crippen molar-refractivity contribution >= 4 is 35.7 Å². The number of carbonyl (C=O) groups is 3. The van der Waals surface area contributed by atoms with Crippen molar-refractivity contribution in [3.8, 4) is 5.88 Å². The summed E-state index contributed by atoms with van der Waals surface area (Å²) in [6, 6.07) is 0. The molecule has 0 atom stereocenters. The highest BCUT2D eigenvalue weighted by Gasteiger charge is 2.20. The molecule has 3 rings (SSSR count). The van der Waals surface area contributed by atoms with Gasteiger partial charge in [0.2, 0.25) is 0 Å². The number of carbonyl (C=O) groups excluding carboxylic acids is 1. The van der Waals surface area contributed by atoms with E-state index in [0.717, 1.165) is 11.1 Å². The van der Waals surface area contributed by atoms with Gasteiger partial charge < -0.3 is 25.3 Å². The number of allylic oxidation sites excluding steroid dienone is 2. The number of hydrogen-bond donors (Lipinski definition) is 5. The second-order valence-electron chi connectivity index (χ2n) is 8.17. The maximum atomic E-state index is 12.0. The number of aromatic nitrogens is 2. The van der Waals surface area contributed by atoms with Crippen LogP contribution in [0.4, 0.5) is 0 Å². The quantitative estimate of drug-likeness (QED) is 0.380. The molecular formula is C25H27N3O6. The highest BCUT2D eigenvalue weighted by molar-refractivity contribution is 6.32. The Morgan fingerprint density at radius 2 is 1.56 bits per heavy atom. The van der Waals surface area contributed by atoms with Crippen molar-refractivity contribution in [2.45, 2.75) is 46.5 Å². The van der Waals surface area contributed by atoms with Gasteiger partial charge in [0.1, 0.15) is 0 Å². The van der Waals surface area contributed by atoms with Crippen LogP contribution >= 0.6 is 0 Å². The molecule has 5 N–H and O–H groups in total. The van der Waals surface area contributed by atoms with Crippen LogP contribution < -0.4 is 10.7 Å². The lowest BCUT2D eigenvalue weighted by Crippen LogP contribution is -2.15. The van der Waals surface area contributed by atoms with Crippen molar-refractivity contribution < 1.29 is 29.7 Å². The number of rotatable bonds is 9. The molecule has 0 bridgehead atoms. The van der Waals surface area contributed by atoms with Gasteiger partial charge in [-0.1, -0.05) is 12.7 Å². The summed E-state index contributed by atoms with van der Waals surface area (Å²) in [5.41, 5.74) is 4.93. The molecule has 0 aliphatic carbocycles. The van der Waals surface area contributed by atoms with Crippen LogP contribution in [0.15, 0.2) is 28.8 Å². The molecule has 1 amide bonds. The van der Waals surface area contributed by atoms with Crippen LogP contribution in [0.1, 0.15) is 47.7 Å². The van der Waals surface area contributed by atoms with Crippen molar-refractivity contribution in [2.24, 2.45) is 4.99 Å². The SMILES string of the molecule is C=CC1=C(C)C(=O)N=C1/C=c1/[nH]/c(=C/c2[nH]c(O)c(C)c2CCC(=O)O)c(CCC(=O)O)c1C. The maximum absolute atomic E-state index is 12.0. The Kier molecular flexibility index (Phi) is 7.05. The summed E-state index contributed by atoms with van der Waals surface area (Å²) < 4.78 is 0. The third-order valence-corrected chi connectivity index (χ3v) is 6.01. The highest BCUT2D eigenvalue weighted by atomic mass is 16.4. The van der Waals surface area contributed by atoms with E-state index in [-0.39, 0.29) is 37.5 Å². The van der Waals surface area contributed by atoms with Crippen LogP contribution in [0.5, 0.6) is 5.88 Å². The minimum Gasteiger partial charge on any atom is -0.494 e. The lowest BCUT2D eigenvalue weighted by Gasteiger charge is -2.01. The summed E-state index contributed by atoms with van der Waals surface area (Å²) >= 11 is 0. The highest BCUT2D eigenvalue weighted by Crippen LogP contribution is 2.25. The van der Waals surface area contributed by atoms with Crippen LogP contribution in [0.25, 0.3) is 12.2 Å². The number of carboxylic acids is 2. The number of carboxylic acid groups (broad SMARTS) is 2. The van der Waals surface area contributed by atoms with E-state index < -0.39 is 11.9 Å². The first-order valence-electron chi connectivity index (χ1n) is 10.7. The summed E-state index contributed by atoms with van der Waals surface area (Å²) in [7, 11) is 0.